The molecule has 0 unspecified atom stereocenters. The second-order valence-corrected chi connectivity index (χ2v) is 5.32. The molecule has 1 aliphatic rings. The van der Waals surface area contributed by atoms with Crippen molar-refractivity contribution in [2.45, 2.75) is 6.92 Å². The first-order valence-corrected chi connectivity index (χ1v) is 6.71. The molecular weight excluding hydrogens is 264 g/mol. The Bertz CT molecular complexity index is 853. The molecule has 0 radical (unpaired) electrons. The van der Waals surface area contributed by atoms with Gasteiger partial charge in [-0.25, -0.2) is 0 Å². The summed E-state index contributed by atoms with van der Waals surface area (Å²) in [6.07, 6.45) is 0. The SMILES string of the molecule is Cc1ccc(-c2cc3cc4c(cc3[nH]2)C(=O)NC4=O)cc1. The van der Waals surface area contributed by atoms with Gasteiger partial charge in [-0.05, 0) is 30.7 Å². The molecule has 0 saturated carbocycles. The van der Waals surface area contributed by atoms with Gasteiger partial charge in [0.15, 0.2) is 0 Å². The summed E-state index contributed by atoms with van der Waals surface area (Å²) in [4.78, 5) is 26.7. The number of nitrogens with one attached hydrogen (secondary N) is 2. The summed E-state index contributed by atoms with van der Waals surface area (Å²) < 4.78 is 0. The number of aromatic nitrogens is 1. The Labute approximate surface area is 120 Å². The minimum Gasteiger partial charge on any atom is -0.355 e. The number of fused-ring (bicyclic) bond motifs is 2. The van der Waals surface area contributed by atoms with Crippen molar-refractivity contribution in [3.05, 3.63) is 59.2 Å². The van der Waals surface area contributed by atoms with Gasteiger partial charge in [-0.1, -0.05) is 29.8 Å². The molecule has 0 aliphatic carbocycles. The zero-order chi connectivity index (χ0) is 14.6. The summed E-state index contributed by atoms with van der Waals surface area (Å²) in [6.45, 7) is 2.05. The highest BCUT2D eigenvalue weighted by molar-refractivity contribution is 6.23. The molecule has 0 bridgehead atoms. The maximum absolute atomic E-state index is 11.7. The van der Waals surface area contributed by atoms with Gasteiger partial charge in [0, 0.05) is 16.6 Å². The van der Waals surface area contributed by atoms with Crippen molar-refractivity contribution >= 4 is 22.7 Å². The maximum Gasteiger partial charge on any atom is 0.259 e. The summed E-state index contributed by atoms with van der Waals surface area (Å²) >= 11 is 0. The highest BCUT2D eigenvalue weighted by atomic mass is 16.2. The number of benzene rings is 2. The monoisotopic (exact) mass is 276 g/mol. The minimum absolute atomic E-state index is 0.324. The fraction of sp³-hybridized carbons (Fsp3) is 0.0588. The molecule has 4 heteroatoms. The summed E-state index contributed by atoms with van der Waals surface area (Å²) in [5.41, 5.74) is 4.99. The number of aryl methyl sites for hydroxylation is 1. The Morgan fingerprint density at radius 2 is 1.52 bits per heavy atom. The van der Waals surface area contributed by atoms with E-state index in [-0.39, 0.29) is 11.8 Å². The molecule has 0 atom stereocenters. The Balaban J connectivity index is 1.90. The predicted molar refractivity (Wildman–Crippen MR) is 80.3 cm³/mol. The molecule has 4 nitrogen and oxygen atoms in total. The number of amides is 2. The third-order valence-electron chi connectivity index (χ3n) is 3.84. The van der Waals surface area contributed by atoms with Crippen LogP contribution < -0.4 is 5.32 Å². The zero-order valence-corrected chi connectivity index (χ0v) is 11.4. The molecule has 2 amide bonds. The Hall–Kier alpha value is -2.88. The van der Waals surface area contributed by atoms with Crippen LogP contribution in [0.2, 0.25) is 0 Å². The predicted octanol–water partition coefficient (Wildman–Crippen LogP) is 3.03. The van der Waals surface area contributed by atoms with Crippen molar-refractivity contribution in [1.29, 1.82) is 0 Å². The third kappa shape index (κ3) is 1.76. The van der Waals surface area contributed by atoms with Crippen molar-refractivity contribution < 1.29 is 9.59 Å². The molecule has 102 valence electrons. The Morgan fingerprint density at radius 3 is 2.24 bits per heavy atom. The summed E-state index contributed by atoms with van der Waals surface area (Å²) in [6, 6.07) is 13.7. The average molecular weight is 276 g/mol. The van der Waals surface area contributed by atoms with E-state index < -0.39 is 0 Å². The second-order valence-electron chi connectivity index (χ2n) is 5.32. The van der Waals surface area contributed by atoms with E-state index >= 15 is 0 Å². The van der Waals surface area contributed by atoms with Gasteiger partial charge in [0.25, 0.3) is 11.8 Å². The smallest absolute Gasteiger partial charge is 0.259 e. The van der Waals surface area contributed by atoms with Gasteiger partial charge < -0.3 is 4.98 Å². The molecule has 2 heterocycles. The molecule has 4 rings (SSSR count). The van der Waals surface area contributed by atoms with Crippen LogP contribution in [-0.2, 0) is 0 Å². The number of H-pyrrole nitrogens is 1. The van der Waals surface area contributed by atoms with E-state index in [1.807, 2.05) is 25.1 Å². The van der Waals surface area contributed by atoms with E-state index in [2.05, 4.69) is 22.4 Å². The van der Waals surface area contributed by atoms with E-state index in [4.69, 9.17) is 0 Å². The van der Waals surface area contributed by atoms with E-state index in [0.29, 0.717) is 11.1 Å². The van der Waals surface area contributed by atoms with Crippen LogP contribution >= 0.6 is 0 Å². The lowest BCUT2D eigenvalue weighted by Gasteiger charge is -1.98. The average Bonchev–Trinajstić information content (AvgIpc) is 3.00. The molecule has 2 N–H and O–H groups in total. The van der Waals surface area contributed by atoms with Gasteiger partial charge in [0.05, 0.1) is 11.1 Å². The largest absolute Gasteiger partial charge is 0.355 e. The standard InChI is InChI=1S/C17H12N2O2/c1-9-2-4-10(5-3-9)14-7-11-6-12-13(8-15(11)18-14)17(21)19-16(12)20/h2-8,18H,1H3,(H,19,20,21). The van der Waals surface area contributed by atoms with Crippen molar-refractivity contribution in [2.24, 2.45) is 0 Å². The van der Waals surface area contributed by atoms with Crippen LogP contribution in [0, 0.1) is 6.92 Å². The van der Waals surface area contributed by atoms with Crippen LogP contribution in [0.1, 0.15) is 26.3 Å². The zero-order valence-electron chi connectivity index (χ0n) is 11.4. The molecule has 21 heavy (non-hydrogen) atoms. The molecule has 0 saturated heterocycles. The fourth-order valence-electron chi connectivity index (χ4n) is 2.68. The number of hydrogen-bond donors (Lipinski definition) is 2. The lowest BCUT2D eigenvalue weighted by Crippen LogP contribution is -2.19. The highest BCUT2D eigenvalue weighted by Crippen LogP contribution is 2.28. The number of imide groups is 1. The molecule has 1 aromatic heterocycles. The number of carbonyl (C=O) groups excluding carboxylic acids is 2. The Kier molecular flexibility index (Phi) is 2.30. The van der Waals surface area contributed by atoms with Crippen LogP contribution in [0.5, 0.6) is 0 Å². The van der Waals surface area contributed by atoms with E-state index in [1.165, 1.54) is 5.56 Å². The second kappa shape index (κ2) is 4.06. The number of aromatic amines is 1. The summed E-state index contributed by atoms with van der Waals surface area (Å²) in [7, 11) is 0. The first kappa shape index (κ1) is 11.9. The van der Waals surface area contributed by atoms with E-state index in [1.54, 1.807) is 12.1 Å². The van der Waals surface area contributed by atoms with Crippen LogP contribution in [-0.4, -0.2) is 16.8 Å². The third-order valence-corrected chi connectivity index (χ3v) is 3.84. The van der Waals surface area contributed by atoms with Gasteiger partial charge in [0.2, 0.25) is 0 Å². The van der Waals surface area contributed by atoms with Crippen LogP contribution in [0.15, 0.2) is 42.5 Å². The van der Waals surface area contributed by atoms with Crippen LogP contribution in [0.4, 0.5) is 0 Å². The molecule has 0 spiro atoms. The van der Waals surface area contributed by atoms with Gasteiger partial charge in [0.1, 0.15) is 0 Å². The summed E-state index contributed by atoms with van der Waals surface area (Å²) in [5.74, 6) is -0.654. The lowest BCUT2D eigenvalue weighted by atomic mass is 10.1. The van der Waals surface area contributed by atoms with Crippen LogP contribution in [0.25, 0.3) is 22.2 Å². The van der Waals surface area contributed by atoms with Crippen molar-refractivity contribution in [2.75, 3.05) is 0 Å². The first-order chi connectivity index (χ1) is 10.1. The summed E-state index contributed by atoms with van der Waals surface area (Å²) in [5, 5.41) is 3.23. The van der Waals surface area contributed by atoms with E-state index in [9.17, 15) is 9.59 Å². The Morgan fingerprint density at radius 1 is 0.857 bits per heavy atom. The number of rotatable bonds is 1. The fourth-order valence-corrected chi connectivity index (χ4v) is 2.68. The van der Waals surface area contributed by atoms with Gasteiger partial charge >= 0.3 is 0 Å². The van der Waals surface area contributed by atoms with Crippen molar-refractivity contribution in [3.63, 3.8) is 0 Å². The lowest BCUT2D eigenvalue weighted by molar-refractivity contribution is 0.0879. The molecule has 2 aromatic carbocycles. The topological polar surface area (TPSA) is 62.0 Å². The molecule has 1 aliphatic heterocycles. The van der Waals surface area contributed by atoms with Crippen LogP contribution in [0.3, 0.4) is 0 Å². The normalized spacial score (nSPS) is 13.6. The quantitative estimate of drug-likeness (QED) is 0.671. The molecular formula is C17H12N2O2. The van der Waals surface area contributed by atoms with Crippen molar-refractivity contribution in [1.82, 2.24) is 10.3 Å². The molecule has 3 aromatic rings. The van der Waals surface area contributed by atoms with Gasteiger partial charge in [-0.15, -0.1) is 0 Å². The van der Waals surface area contributed by atoms with Gasteiger partial charge in [-0.3, -0.25) is 14.9 Å². The number of hydrogen-bond acceptors (Lipinski definition) is 2. The van der Waals surface area contributed by atoms with Gasteiger partial charge in [-0.2, -0.15) is 0 Å². The minimum atomic E-state index is -0.330. The number of carbonyl (C=O) groups is 2. The van der Waals surface area contributed by atoms with E-state index in [0.717, 1.165) is 22.2 Å². The van der Waals surface area contributed by atoms with Crippen molar-refractivity contribution in [3.8, 4) is 11.3 Å². The highest BCUT2D eigenvalue weighted by Gasteiger charge is 2.27. The maximum atomic E-state index is 11.7. The first-order valence-electron chi connectivity index (χ1n) is 6.71. The molecule has 0 fully saturated rings.